The molecule has 1 heterocycles. The Hall–Kier alpha value is -3.33. The number of benzene rings is 1. The van der Waals surface area contributed by atoms with Gasteiger partial charge in [-0.1, -0.05) is 32.1 Å². The van der Waals surface area contributed by atoms with Crippen LogP contribution in [-0.2, 0) is 30.4 Å². The Balaban J connectivity index is 2.32. The summed E-state index contributed by atoms with van der Waals surface area (Å²) in [7, 11) is 3.01. The quantitative estimate of drug-likeness (QED) is 0.284. The zero-order valence-electron chi connectivity index (χ0n) is 20.1. The van der Waals surface area contributed by atoms with Crippen molar-refractivity contribution in [3.63, 3.8) is 0 Å². The summed E-state index contributed by atoms with van der Waals surface area (Å²) in [6, 6.07) is 5.61. The fourth-order valence-corrected chi connectivity index (χ4v) is 4.26. The van der Waals surface area contributed by atoms with Gasteiger partial charge in [0, 0.05) is 39.0 Å². The molecule has 2 rings (SSSR count). The van der Waals surface area contributed by atoms with Crippen molar-refractivity contribution in [2.24, 2.45) is 11.8 Å². The average Bonchev–Trinajstić information content (AvgIpc) is 2.98. The Labute approximate surface area is 199 Å². The predicted octanol–water partition coefficient (Wildman–Crippen LogP) is 1.23. The number of hydrogen-bond donors (Lipinski definition) is 2. The molecule has 184 valence electrons. The largest absolute Gasteiger partial charge is 0.379 e. The molecule has 4 amide bonds. The molecule has 34 heavy (non-hydrogen) atoms. The smallest absolute Gasteiger partial charge is 0.263 e. The van der Waals surface area contributed by atoms with E-state index in [4.69, 9.17) is 0 Å². The number of nitrogens with one attached hydrogen (secondary N) is 1. The number of hydrogen-bond acceptors (Lipinski definition) is 6. The summed E-state index contributed by atoms with van der Waals surface area (Å²) in [5.41, 5.74) is -0.697. The molecule has 1 aliphatic rings. The van der Waals surface area contributed by atoms with Crippen LogP contribution in [-0.4, -0.2) is 65.7 Å². The van der Waals surface area contributed by atoms with Gasteiger partial charge in [0.1, 0.15) is 12.3 Å². The van der Waals surface area contributed by atoms with Crippen LogP contribution in [0, 0.1) is 11.8 Å². The van der Waals surface area contributed by atoms with E-state index >= 15 is 0 Å². The summed E-state index contributed by atoms with van der Waals surface area (Å²) >= 11 is 0. The van der Waals surface area contributed by atoms with Gasteiger partial charge in [-0.2, -0.15) is 0 Å². The number of anilines is 1. The van der Waals surface area contributed by atoms with Crippen molar-refractivity contribution in [3.8, 4) is 0 Å². The van der Waals surface area contributed by atoms with Crippen molar-refractivity contribution in [2.45, 2.75) is 51.2 Å². The molecule has 0 radical (unpaired) electrons. The van der Waals surface area contributed by atoms with E-state index < -0.39 is 35.3 Å². The minimum absolute atomic E-state index is 0.0296. The first-order chi connectivity index (χ1) is 16.0. The molecule has 0 saturated carbocycles. The van der Waals surface area contributed by atoms with Gasteiger partial charge in [-0.15, -0.1) is 6.58 Å². The van der Waals surface area contributed by atoms with Crippen LogP contribution in [0.1, 0.15) is 38.7 Å². The van der Waals surface area contributed by atoms with Crippen LogP contribution in [0.2, 0.25) is 0 Å². The van der Waals surface area contributed by atoms with Gasteiger partial charge in [-0.25, -0.2) is 0 Å². The number of aliphatic hydroxyl groups is 1. The minimum Gasteiger partial charge on any atom is -0.379 e. The van der Waals surface area contributed by atoms with Gasteiger partial charge >= 0.3 is 0 Å². The summed E-state index contributed by atoms with van der Waals surface area (Å²) in [4.78, 5) is 64.1. The molecular formula is C25H33N3O6. The molecule has 9 nitrogen and oxygen atoms in total. The lowest BCUT2D eigenvalue weighted by Crippen LogP contribution is -2.52. The highest BCUT2D eigenvalue weighted by atomic mass is 16.3. The molecular weight excluding hydrogens is 438 g/mol. The second kappa shape index (κ2) is 11.2. The zero-order valence-corrected chi connectivity index (χ0v) is 20.1. The van der Waals surface area contributed by atoms with Gasteiger partial charge in [0.15, 0.2) is 5.60 Å². The highest BCUT2D eigenvalue weighted by molar-refractivity contribution is 6.12. The molecule has 1 saturated heterocycles. The van der Waals surface area contributed by atoms with Crippen molar-refractivity contribution < 1.29 is 29.1 Å². The van der Waals surface area contributed by atoms with Crippen molar-refractivity contribution >= 4 is 35.6 Å². The number of aldehydes is 1. The van der Waals surface area contributed by atoms with Crippen LogP contribution in [0.25, 0.3) is 0 Å². The summed E-state index contributed by atoms with van der Waals surface area (Å²) < 4.78 is 0. The summed E-state index contributed by atoms with van der Waals surface area (Å²) in [6.45, 7) is 7.28. The van der Waals surface area contributed by atoms with E-state index in [2.05, 4.69) is 11.9 Å². The Kier molecular flexibility index (Phi) is 8.86. The van der Waals surface area contributed by atoms with Gasteiger partial charge in [0.05, 0.1) is 5.92 Å². The van der Waals surface area contributed by atoms with Gasteiger partial charge in [-0.3, -0.25) is 24.1 Å². The van der Waals surface area contributed by atoms with Gasteiger partial charge in [-0.05, 0) is 30.0 Å². The van der Waals surface area contributed by atoms with E-state index in [-0.39, 0.29) is 37.5 Å². The molecule has 2 N–H and O–H groups in total. The molecule has 9 heteroatoms. The van der Waals surface area contributed by atoms with Crippen molar-refractivity contribution in [2.75, 3.05) is 19.0 Å². The van der Waals surface area contributed by atoms with E-state index in [1.165, 1.54) is 18.0 Å². The third kappa shape index (κ3) is 5.41. The first-order valence-electron chi connectivity index (χ1n) is 11.2. The molecule has 1 aromatic carbocycles. The number of likely N-dealkylation sites (tertiary alicyclic amines) is 1. The fourth-order valence-electron chi connectivity index (χ4n) is 4.26. The fraction of sp³-hybridized carbons (Fsp3) is 0.480. The number of amides is 4. The second-order valence-corrected chi connectivity index (χ2v) is 8.91. The maximum absolute atomic E-state index is 13.3. The standard InChI is InChI=1S/C25H33N3O6/c1-6-19-23(32)28(24(33)25(19,34)15-16(2)3)20(22(31)26-4)14-17-9-11-18(12-10-17)27(5)21(30)8-7-13-29/h6,9-13,16,19-20,34H,1,7-8,14-15H2,2-5H3,(H,26,31)/t19?,20-,25+/m0/s1. The molecule has 0 spiro atoms. The monoisotopic (exact) mass is 471 g/mol. The van der Waals surface area contributed by atoms with E-state index in [0.717, 1.165) is 4.90 Å². The van der Waals surface area contributed by atoms with Crippen molar-refractivity contribution in [1.29, 1.82) is 0 Å². The van der Waals surface area contributed by atoms with Crippen LogP contribution < -0.4 is 10.2 Å². The number of carbonyl (C=O) groups excluding carboxylic acids is 5. The highest BCUT2D eigenvalue weighted by Crippen LogP contribution is 2.38. The van der Waals surface area contributed by atoms with Crippen LogP contribution >= 0.6 is 0 Å². The molecule has 0 bridgehead atoms. The summed E-state index contributed by atoms with van der Waals surface area (Å²) in [5.74, 6) is -3.42. The third-order valence-corrected chi connectivity index (χ3v) is 6.03. The second-order valence-electron chi connectivity index (χ2n) is 8.91. The number of carbonyl (C=O) groups is 5. The summed E-state index contributed by atoms with van der Waals surface area (Å²) in [6.07, 6.45) is 2.28. The lowest BCUT2D eigenvalue weighted by molar-refractivity contribution is -0.152. The first kappa shape index (κ1) is 26.9. The Morgan fingerprint density at radius 1 is 1.26 bits per heavy atom. The summed E-state index contributed by atoms with van der Waals surface area (Å²) in [5, 5.41) is 13.6. The first-order valence-corrected chi connectivity index (χ1v) is 11.2. The predicted molar refractivity (Wildman–Crippen MR) is 127 cm³/mol. The molecule has 0 aliphatic carbocycles. The average molecular weight is 472 g/mol. The van der Waals surface area contributed by atoms with Gasteiger partial charge < -0.3 is 20.1 Å². The molecule has 1 aromatic rings. The van der Waals surface area contributed by atoms with E-state index in [1.807, 2.05) is 13.8 Å². The Morgan fingerprint density at radius 3 is 2.38 bits per heavy atom. The Morgan fingerprint density at radius 2 is 1.88 bits per heavy atom. The topological polar surface area (TPSA) is 124 Å². The van der Waals surface area contributed by atoms with Crippen molar-refractivity contribution in [1.82, 2.24) is 10.2 Å². The van der Waals surface area contributed by atoms with Gasteiger partial charge in [0.2, 0.25) is 17.7 Å². The van der Waals surface area contributed by atoms with Gasteiger partial charge in [0.25, 0.3) is 5.91 Å². The molecule has 1 fully saturated rings. The maximum atomic E-state index is 13.3. The third-order valence-electron chi connectivity index (χ3n) is 6.03. The highest BCUT2D eigenvalue weighted by Gasteiger charge is 2.59. The minimum atomic E-state index is -1.95. The SMILES string of the molecule is C=CC1C(=O)N([C@@H](Cc2ccc(N(C)C(=O)CCC=O)cc2)C(=O)NC)C(=O)[C@@]1(O)CC(C)C. The van der Waals surface area contributed by atoms with E-state index in [1.54, 1.807) is 31.3 Å². The van der Waals surface area contributed by atoms with Crippen LogP contribution in [0.4, 0.5) is 5.69 Å². The molecule has 1 unspecified atom stereocenters. The van der Waals surface area contributed by atoms with E-state index in [0.29, 0.717) is 17.5 Å². The lowest BCUT2D eigenvalue weighted by atomic mass is 9.83. The molecule has 3 atom stereocenters. The number of likely N-dealkylation sites (N-methyl/N-ethyl adjacent to an activating group) is 1. The van der Waals surface area contributed by atoms with E-state index in [9.17, 15) is 29.1 Å². The number of rotatable bonds is 11. The van der Waals surface area contributed by atoms with Crippen LogP contribution in [0.5, 0.6) is 0 Å². The Bertz CT molecular complexity index is 958. The lowest BCUT2D eigenvalue weighted by Gasteiger charge is -2.28. The molecule has 0 aromatic heterocycles. The number of imide groups is 1. The zero-order chi connectivity index (χ0) is 25.6. The molecule has 1 aliphatic heterocycles. The van der Waals surface area contributed by atoms with Crippen LogP contribution in [0.15, 0.2) is 36.9 Å². The van der Waals surface area contributed by atoms with Crippen molar-refractivity contribution in [3.05, 3.63) is 42.5 Å². The maximum Gasteiger partial charge on any atom is 0.263 e. The normalized spacial score (nSPS) is 20.9. The van der Waals surface area contributed by atoms with Crippen LogP contribution in [0.3, 0.4) is 0 Å². The number of nitrogens with zero attached hydrogens (tertiary/aromatic N) is 2.